The van der Waals surface area contributed by atoms with E-state index in [1.165, 1.54) is 12.1 Å². The number of aromatic nitrogens is 1. The molecule has 1 N–H and O–H groups in total. The highest BCUT2D eigenvalue weighted by atomic mass is 19.1. The van der Waals surface area contributed by atoms with Crippen LogP contribution in [0.3, 0.4) is 0 Å². The summed E-state index contributed by atoms with van der Waals surface area (Å²) < 4.78 is 26.8. The number of hydrogen-bond donors (Lipinski definition) is 1. The van der Waals surface area contributed by atoms with Crippen LogP contribution >= 0.6 is 0 Å². The molecule has 2 aromatic heterocycles. The van der Waals surface area contributed by atoms with E-state index in [2.05, 4.69) is 5.32 Å². The maximum Gasteiger partial charge on any atom is 0.260 e. The largest absolute Gasteiger partial charge is 0.443 e. The first-order chi connectivity index (χ1) is 14.1. The molecule has 1 saturated heterocycles. The van der Waals surface area contributed by atoms with Gasteiger partial charge >= 0.3 is 0 Å². The van der Waals surface area contributed by atoms with Gasteiger partial charge in [-0.3, -0.25) is 9.36 Å². The highest BCUT2D eigenvalue weighted by Crippen LogP contribution is 2.28. The number of nitrogens with one attached hydrogen (secondary N) is 1. The van der Waals surface area contributed by atoms with Gasteiger partial charge in [-0.15, -0.1) is 0 Å². The maximum absolute atomic E-state index is 14.2. The second-order valence-electron chi connectivity index (χ2n) is 6.67. The van der Waals surface area contributed by atoms with Crippen molar-refractivity contribution in [3.8, 4) is 12.0 Å². The molecular formula is C21H19FN4O3. The Labute approximate surface area is 166 Å². The molecule has 29 heavy (non-hydrogen) atoms. The molecule has 0 unspecified atom stereocenters. The summed E-state index contributed by atoms with van der Waals surface area (Å²) >= 11 is 0. The Kier molecular flexibility index (Phi) is 5.06. The fourth-order valence-electron chi connectivity index (χ4n) is 3.40. The van der Waals surface area contributed by atoms with E-state index in [9.17, 15) is 14.4 Å². The zero-order valence-electron chi connectivity index (χ0n) is 15.8. The monoisotopic (exact) mass is 394 g/mol. The summed E-state index contributed by atoms with van der Waals surface area (Å²) in [4.78, 5) is 14.9. The van der Waals surface area contributed by atoms with E-state index in [1.54, 1.807) is 42.1 Å². The number of anilines is 2. The molecule has 0 atom stereocenters. The number of halogens is 1. The molecule has 0 radical (unpaired) electrons. The second kappa shape index (κ2) is 7.81. The lowest BCUT2D eigenvalue weighted by molar-refractivity contribution is 0.102. The van der Waals surface area contributed by atoms with Crippen molar-refractivity contribution in [1.82, 2.24) is 4.57 Å². The van der Waals surface area contributed by atoms with Gasteiger partial charge in [-0.05, 0) is 37.3 Å². The molecule has 8 heteroatoms. The number of hydrogen-bond acceptors (Lipinski definition) is 5. The smallest absolute Gasteiger partial charge is 0.260 e. The van der Waals surface area contributed by atoms with E-state index < -0.39 is 11.7 Å². The number of nitriles is 1. The van der Waals surface area contributed by atoms with E-state index in [0.717, 1.165) is 0 Å². The predicted octanol–water partition coefficient (Wildman–Crippen LogP) is 3.48. The second-order valence-corrected chi connectivity index (χ2v) is 6.67. The van der Waals surface area contributed by atoms with Gasteiger partial charge in [0.05, 0.1) is 13.2 Å². The van der Waals surface area contributed by atoms with Crippen molar-refractivity contribution in [2.24, 2.45) is 0 Å². The van der Waals surface area contributed by atoms with Gasteiger partial charge in [0.1, 0.15) is 28.8 Å². The third-order valence-electron chi connectivity index (χ3n) is 4.76. The first kappa shape index (κ1) is 18.8. The van der Waals surface area contributed by atoms with Crippen LogP contribution in [0.2, 0.25) is 0 Å². The molecule has 148 valence electrons. The number of aryl methyl sites for hydroxylation is 1. The molecule has 3 aromatic rings. The van der Waals surface area contributed by atoms with Crippen LogP contribution in [-0.2, 0) is 4.74 Å². The quantitative estimate of drug-likeness (QED) is 0.733. The third-order valence-corrected chi connectivity index (χ3v) is 4.76. The molecule has 1 aliphatic rings. The Bertz CT molecular complexity index is 1080. The van der Waals surface area contributed by atoms with Crippen LogP contribution in [0.4, 0.5) is 15.8 Å². The average Bonchev–Trinajstić information content (AvgIpc) is 3.35. The van der Waals surface area contributed by atoms with Gasteiger partial charge in [0, 0.05) is 36.9 Å². The van der Waals surface area contributed by atoms with Crippen molar-refractivity contribution >= 4 is 17.3 Å². The average molecular weight is 394 g/mol. The zero-order chi connectivity index (χ0) is 20.4. The summed E-state index contributed by atoms with van der Waals surface area (Å²) in [6.45, 7) is 4.06. The molecule has 1 amide bonds. The molecule has 0 bridgehead atoms. The Morgan fingerprint density at radius 3 is 2.62 bits per heavy atom. The number of amides is 1. The lowest BCUT2D eigenvalue weighted by atomic mass is 10.1. The molecule has 7 nitrogen and oxygen atoms in total. The summed E-state index contributed by atoms with van der Waals surface area (Å²) in [6, 6.07) is 10.0. The molecule has 0 spiro atoms. The summed E-state index contributed by atoms with van der Waals surface area (Å²) in [5.74, 6) is -0.401. The van der Waals surface area contributed by atoms with Crippen molar-refractivity contribution < 1.29 is 18.3 Å². The highest BCUT2D eigenvalue weighted by Gasteiger charge is 2.25. The van der Waals surface area contributed by atoms with Crippen LogP contribution < -0.4 is 10.2 Å². The van der Waals surface area contributed by atoms with Crippen LogP contribution in [0, 0.1) is 24.1 Å². The Morgan fingerprint density at radius 1 is 1.21 bits per heavy atom. The van der Waals surface area contributed by atoms with Crippen LogP contribution in [0.1, 0.15) is 21.7 Å². The van der Waals surface area contributed by atoms with E-state index in [1.807, 2.05) is 11.0 Å². The van der Waals surface area contributed by atoms with Gasteiger partial charge in [-0.25, -0.2) is 4.39 Å². The van der Waals surface area contributed by atoms with Gasteiger partial charge in [-0.1, -0.05) is 0 Å². The van der Waals surface area contributed by atoms with Crippen LogP contribution in [0.15, 0.2) is 47.1 Å². The number of carbonyl (C=O) groups is 1. The first-order valence-electron chi connectivity index (χ1n) is 9.18. The molecule has 3 heterocycles. The molecule has 4 rings (SSSR count). The highest BCUT2D eigenvalue weighted by molar-refractivity contribution is 6.07. The number of carbonyl (C=O) groups excluding carboxylic acids is 1. The molecule has 1 aromatic carbocycles. The third kappa shape index (κ3) is 3.73. The van der Waals surface area contributed by atoms with Crippen molar-refractivity contribution in [3.05, 3.63) is 65.4 Å². The number of ether oxygens (including phenoxy) is 1. The van der Waals surface area contributed by atoms with Gasteiger partial charge in [0.25, 0.3) is 5.91 Å². The molecule has 1 aliphatic heterocycles. The molecule has 0 saturated carbocycles. The topological polar surface area (TPSA) is 83.4 Å². The summed E-state index contributed by atoms with van der Waals surface area (Å²) in [7, 11) is 0. The Morgan fingerprint density at radius 2 is 1.93 bits per heavy atom. The minimum Gasteiger partial charge on any atom is -0.443 e. The predicted molar refractivity (Wildman–Crippen MR) is 105 cm³/mol. The van der Waals surface area contributed by atoms with Gasteiger partial charge < -0.3 is 19.4 Å². The summed E-state index contributed by atoms with van der Waals surface area (Å²) in [5.41, 5.74) is 1.24. The number of benzene rings is 1. The molecular weight excluding hydrogens is 375 g/mol. The van der Waals surface area contributed by atoms with Crippen molar-refractivity contribution in [2.75, 3.05) is 36.5 Å². The van der Waals surface area contributed by atoms with E-state index in [-0.39, 0.29) is 17.0 Å². The van der Waals surface area contributed by atoms with Crippen molar-refractivity contribution in [3.63, 3.8) is 0 Å². The minimum atomic E-state index is -0.528. The fraction of sp³-hybridized carbons (Fsp3) is 0.238. The van der Waals surface area contributed by atoms with E-state index >= 15 is 0 Å². The van der Waals surface area contributed by atoms with Gasteiger partial charge in [0.15, 0.2) is 0 Å². The van der Waals surface area contributed by atoms with E-state index in [0.29, 0.717) is 43.4 Å². The van der Waals surface area contributed by atoms with E-state index in [4.69, 9.17) is 9.15 Å². The van der Waals surface area contributed by atoms with Crippen LogP contribution in [0.25, 0.3) is 5.88 Å². The number of nitrogens with zero attached hydrogens (tertiary/aromatic N) is 3. The lowest BCUT2D eigenvalue weighted by Crippen LogP contribution is -2.36. The maximum atomic E-state index is 14.2. The first-order valence-corrected chi connectivity index (χ1v) is 9.18. The number of furan rings is 1. The van der Waals surface area contributed by atoms with Gasteiger partial charge in [0.2, 0.25) is 5.88 Å². The number of rotatable bonds is 4. The zero-order valence-corrected chi connectivity index (χ0v) is 15.8. The molecule has 0 aliphatic carbocycles. The Balaban J connectivity index is 1.63. The SMILES string of the molecule is Cc1oc(-n2cccc2)c(C#N)c1C(=O)Nc1cc(F)cc(N2CCOCC2)c1. The van der Waals surface area contributed by atoms with Gasteiger partial charge in [-0.2, -0.15) is 5.26 Å². The fourth-order valence-corrected chi connectivity index (χ4v) is 3.40. The summed E-state index contributed by atoms with van der Waals surface area (Å²) in [5, 5.41) is 12.3. The normalized spacial score (nSPS) is 13.9. The summed E-state index contributed by atoms with van der Waals surface area (Å²) in [6.07, 6.45) is 3.45. The standard InChI is InChI=1S/C21H19FN4O3/c1-14-19(18(13-23)21(29-14)26-4-2-3-5-26)20(27)24-16-10-15(22)11-17(12-16)25-6-8-28-9-7-25/h2-5,10-12H,6-9H2,1H3,(H,24,27). The Hall–Kier alpha value is -3.57. The van der Waals surface area contributed by atoms with Crippen LogP contribution in [0.5, 0.6) is 0 Å². The van der Waals surface area contributed by atoms with Crippen molar-refractivity contribution in [1.29, 1.82) is 5.26 Å². The van der Waals surface area contributed by atoms with Crippen molar-refractivity contribution in [2.45, 2.75) is 6.92 Å². The number of morpholine rings is 1. The lowest BCUT2D eigenvalue weighted by Gasteiger charge is -2.29. The minimum absolute atomic E-state index is 0.126. The van der Waals surface area contributed by atoms with Crippen LogP contribution in [-0.4, -0.2) is 36.8 Å². The molecule has 1 fully saturated rings.